The Morgan fingerprint density at radius 2 is 2.15 bits per heavy atom. The number of nitro groups is 1. The molecule has 0 N–H and O–H groups in total. The number of hydrogen-bond donors (Lipinski definition) is 0. The lowest BCUT2D eigenvalue weighted by Crippen LogP contribution is -2.21. The van der Waals surface area contributed by atoms with Crippen molar-refractivity contribution in [2.24, 2.45) is 0 Å². The minimum absolute atomic E-state index is 0.100. The van der Waals surface area contributed by atoms with Crippen molar-refractivity contribution >= 4 is 31.5 Å². The van der Waals surface area contributed by atoms with E-state index in [2.05, 4.69) is 5.10 Å². The number of carbonyl (C=O) groups excluding carboxylic acids is 1. The fraction of sp³-hybridized carbons (Fsp3) is 0.556. The third-order valence-corrected chi connectivity index (χ3v) is 3.73. The van der Waals surface area contributed by atoms with Crippen LogP contribution in [0.2, 0.25) is 0 Å². The molecule has 0 unspecified atom stereocenters. The summed E-state index contributed by atoms with van der Waals surface area (Å²) >= 11 is 0. The van der Waals surface area contributed by atoms with Crippen LogP contribution in [-0.2, 0) is 20.4 Å². The Morgan fingerprint density at radius 3 is 2.55 bits per heavy atom. The number of carbonyl (C=O) groups is 1. The lowest BCUT2D eigenvalue weighted by atomic mass is 10.3. The lowest BCUT2D eigenvalue weighted by molar-refractivity contribution is -0.392. The summed E-state index contributed by atoms with van der Waals surface area (Å²) in [5.74, 6) is -0.921. The van der Waals surface area contributed by atoms with E-state index in [4.69, 9.17) is 10.7 Å². The zero-order valence-electron chi connectivity index (χ0n) is 10.8. The van der Waals surface area contributed by atoms with Gasteiger partial charge in [-0.05, 0) is 11.3 Å². The van der Waals surface area contributed by atoms with Crippen molar-refractivity contribution in [3.63, 3.8) is 0 Å². The first kappa shape index (κ1) is 16.4. The summed E-state index contributed by atoms with van der Waals surface area (Å²) in [6, 6.07) is 0. The molecule has 0 spiro atoms. The minimum Gasteiger partial charge on any atom is -0.358 e. The average Bonchev–Trinajstić information content (AvgIpc) is 2.72. The van der Waals surface area contributed by atoms with Gasteiger partial charge in [-0.2, -0.15) is 4.68 Å². The first-order valence-electron chi connectivity index (χ1n) is 5.49. The van der Waals surface area contributed by atoms with Crippen LogP contribution in [-0.4, -0.2) is 48.0 Å². The number of nitrogens with zero attached hydrogens (tertiary/aromatic N) is 4. The smallest absolute Gasteiger partial charge is 0.358 e. The Morgan fingerprint density at radius 1 is 1.55 bits per heavy atom. The predicted molar refractivity (Wildman–Crippen MR) is 69.8 cm³/mol. The van der Waals surface area contributed by atoms with Gasteiger partial charge in [0.25, 0.3) is 9.05 Å². The van der Waals surface area contributed by atoms with Crippen LogP contribution in [0.1, 0.15) is 12.8 Å². The summed E-state index contributed by atoms with van der Waals surface area (Å²) in [5.41, 5.74) is 0. The van der Waals surface area contributed by atoms with Gasteiger partial charge < -0.3 is 15.0 Å². The molecule has 0 aliphatic carbocycles. The Kier molecular flexibility index (Phi) is 5.06. The highest BCUT2D eigenvalue weighted by Crippen LogP contribution is 2.25. The van der Waals surface area contributed by atoms with E-state index in [0.717, 1.165) is 10.9 Å². The van der Waals surface area contributed by atoms with Crippen molar-refractivity contribution < 1.29 is 18.1 Å². The zero-order chi connectivity index (χ0) is 15.5. The number of aryl methyl sites for hydroxylation is 1. The van der Waals surface area contributed by atoms with Crippen molar-refractivity contribution in [2.45, 2.75) is 24.3 Å². The van der Waals surface area contributed by atoms with Crippen LogP contribution in [0.5, 0.6) is 0 Å². The molecule has 0 atom stereocenters. The van der Waals surface area contributed by atoms with E-state index >= 15 is 0 Å². The summed E-state index contributed by atoms with van der Waals surface area (Å²) in [6.45, 7) is 0.173. The van der Waals surface area contributed by atoms with Crippen LogP contribution in [0, 0.1) is 10.1 Å². The Labute approximate surface area is 119 Å². The number of amides is 1. The second kappa shape index (κ2) is 6.18. The van der Waals surface area contributed by atoms with Crippen LogP contribution in [0.3, 0.4) is 0 Å². The Balaban J connectivity index is 2.83. The quantitative estimate of drug-likeness (QED) is 0.429. The second-order valence-electron chi connectivity index (χ2n) is 4.17. The molecule has 0 aromatic carbocycles. The topological polar surface area (TPSA) is 115 Å². The first-order chi connectivity index (χ1) is 9.12. The fourth-order valence-corrected chi connectivity index (χ4v) is 2.33. The molecule has 0 bridgehead atoms. The molecule has 0 radical (unpaired) electrons. The van der Waals surface area contributed by atoms with Gasteiger partial charge >= 0.3 is 5.82 Å². The molecule has 0 aliphatic rings. The summed E-state index contributed by atoms with van der Waals surface area (Å²) in [5, 5.41) is 14.2. The maximum atomic E-state index is 11.3. The molecule has 11 heteroatoms. The van der Waals surface area contributed by atoms with Crippen LogP contribution < -0.4 is 0 Å². The first-order valence-corrected chi connectivity index (χ1v) is 7.80. The van der Waals surface area contributed by atoms with E-state index in [1.54, 1.807) is 14.1 Å². The predicted octanol–water partition coefficient (Wildman–Crippen LogP) is 0.587. The van der Waals surface area contributed by atoms with E-state index < -0.39 is 24.7 Å². The van der Waals surface area contributed by atoms with Crippen LogP contribution in [0.4, 0.5) is 5.82 Å². The molecule has 0 aliphatic heterocycles. The molecular formula is C9H13ClN4O5S. The Bertz CT molecular complexity index is 624. The third-order valence-electron chi connectivity index (χ3n) is 2.42. The summed E-state index contributed by atoms with van der Waals surface area (Å²) in [4.78, 5) is 21.9. The molecule has 0 saturated heterocycles. The van der Waals surface area contributed by atoms with E-state index in [-0.39, 0.29) is 18.9 Å². The Hall–Kier alpha value is -1.68. The highest BCUT2D eigenvalue weighted by atomic mass is 35.7. The highest BCUT2D eigenvalue weighted by Gasteiger charge is 2.29. The molecule has 1 aromatic rings. The number of rotatable bonds is 6. The normalized spacial score (nSPS) is 11.3. The van der Waals surface area contributed by atoms with Crippen molar-refractivity contribution in [3.8, 4) is 0 Å². The monoisotopic (exact) mass is 324 g/mol. The molecule has 112 valence electrons. The van der Waals surface area contributed by atoms with Crippen molar-refractivity contribution in [1.29, 1.82) is 0 Å². The number of hydrogen-bond acceptors (Lipinski definition) is 6. The maximum absolute atomic E-state index is 11.3. The summed E-state index contributed by atoms with van der Waals surface area (Å²) in [6.07, 6.45) is 1.59. The van der Waals surface area contributed by atoms with E-state index in [1.165, 1.54) is 4.90 Å². The third kappa shape index (κ3) is 4.17. The molecule has 1 rings (SSSR count). The van der Waals surface area contributed by atoms with Crippen LogP contribution in [0.25, 0.3) is 0 Å². The SMILES string of the molecule is CN(C)C(=O)CCCn1cc(S(=O)(=O)Cl)c([N+](=O)[O-])n1. The minimum atomic E-state index is -4.24. The van der Waals surface area contributed by atoms with Gasteiger partial charge in [-0.3, -0.25) is 4.79 Å². The highest BCUT2D eigenvalue weighted by molar-refractivity contribution is 8.13. The molecule has 20 heavy (non-hydrogen) atoms. The van der Waals surface area contributed by atoms with Gasteiger partial charge in [0, 0.05) is 31.2 Å². The van der Waals surface area contributed by atoms with Gasteiger partial charge in [-0.1, -0.05) is 0 Å². The van der Waals surface area contributed by atoms with E-state index in [9.17, 15) is 23.3 Å². The van der Waals surface area contributed by atoms with Gasteiger partial charge in [0.15, 0.2) is 0 Å². The van der Waals surface area contributed by atoms with Crippen molar-refractivity contribution in [2.75, 3.05) is 14.1 Å². The average molecular weight is 325 g/mol. The van der Waals surface area contributed by atoms with Gasteiger partial charge in [0.05, 0.1) is 17.8 Å². The standard InChI is InChI=1S/C9H13ClN4O5S/c1-12(2)8(15)4-3-5-13-6-7(20(10,18)19)9(11-13)14(16)17/h6H,3-5H2,1-2H3. The lowest BCUT2D eigenvalue weighted by Gasteiger charge is -2.08. The van der Waals surface area contributed by atoms with Crippen molar-refractivity contribution in [1.82, 2.24) is 14.7 Å². The molecule has 0 fully saturated rings. The van der Waals surface area contributed by atoms with Gasteiger partial charge in [0.1, 0.15) is 0 Å². The molecule has 1 aromatic heterocycles. The van der Waals surface area contributed by atoms with Gasteiger partial charge in [-0.15, -0.1) is 0 Å². The van der Waals surface area contributed by atoms with Gasteiger partial charge in [0.2, 0.25) is 10.8 Å². The number of halogens is 1. The summed E-state index contributed by atoms with van der Waals surface area (Å²) in [7, 11) is 4.08. The second-order valence-corrected chi connectivity index (χ2v) is 6.70. The fourth-order valence-electron chi connectivity index (χ4n) is 1.42. The van der Waals surface area contributed by atoms with Crippen LogP contribution >= 0.6 is 10.7 Å². The van der Waals surface area contributed by atoms with Crippen LogP contribution in [0.15, 0.2) is 11.1 Å². The molecule has 1 amide bonds. The zero-order valence-corrected chi connectivity index (χ0v) is 12.4. The van der Waals surface area contributed by atoms with E-state index in [0.29, 0.717) is 6.42 Å². The van der Waals surface area contributed by atoms with Gasteiger partial charge in [-0.25, -0.2) is 8.42 Å². The molecule has 9 nitrogen and oxygen atoms in total. The van der Waals surface area contributed by atoms with Crippen molar-refractivity contribution in [3.05, 3.63) is 16.3 Å². The number of aromatic nitrogens is 2. The van der Waals surface area contributed by atoms with E-state index in [1.807, 2.05) is 0 Å². The molecule has 0 saturated carbocycles. The summed E-state index contributed by atoms with van der Waals surface area (Å²) < 4.78 is 23.5. The molecular weight excluding hydrogens is 312 g/mol. The molecule has 1 heterocycles. The largest absolute Gasteiger partial charge is 0.410 e. The maximum Gasteiger partial charge on any atom is 0.410 e.